The zero-order chi connectivity index (χ0) is 19.3. The normalized spacial score (nSPS) is 11.0. The van der Waals surface area contributed by atoms with Crippen molar-refractivity contribution in [3.05, 3.63) is 0 Å². The van der Waals surface area contributed by atoms with Gasteiger partial charge in [0.2, 0.25) is 5.91 Å². The Kier molecular flexibility index (Phi) is 20.2. The van der Waals surface area contributed by atoms with Gasteiger partial charge in [-0.2, -0.15) is 0 Å². The maximum Gasteiger partial charge on any atom is 0.236 e. The lowest BCUT2D eigenvalue weighted by molar-refractivity contribution is -0.134. The zero-order valence-electron chi connectivity index (χ0n) is 17.9. The Bertz CT molecular complexity index is 297. The molecule has 0 aliphatic carbocycles. The summed E-state index contributed by atoms with van der Waals surface area (Å²) in [6.07, 6.45) is 21.0. The summed E-state index contributed by atoms with van der Waals surface area (Å²) in [4.78, 5) is 12.0. The predicted molar refractivity (Wildman–Crippen MR) is 114 cm³/mol. The predicted octanol–water partition coefficient (Wildman–Crippen LogP) is 5.56. The Morgan fingerprint density at radius 1 is 0.731 bits per heavy atom. The molecule has 0 aliphatic rings. The van der Waals surface area contributed by atoms with Crippen LogP contribution in [0.2, 0.25) is 0 Å². The number of hydrazine groups is 1. The average molecular weight is 370 g/mol. The highest BCUT2D eigenvalue weighted by Gasteiger charge is 2.09. The van der Waals surface area contributed by atoms with Crippen LogP contribution in [0.15, 0.2) is 0 Å². The Morgan fingerprint density at radius 3 is 1.54 bits per heavy atom. The van der Waals surface area contributed by atoms with E-state index >= 15 is 0 Å². The number of unbranched alkanes of at least 4 members (excludes halogenated alkanes) is 14. The van der Waals surface area contributed by atoms with Crippen LogP contribution in [-0.4, -0.2) is 30.6 Å². The first-order chi connectivity index (χ1) is 12.8. The molecule has 4 heteroatoms. The number of rotatable bonds is 20. The molecule has 156 valence electrons. The smallest absolute Gasteiger partial charge is 0.236 e. The number of nitrogens with two attached hydrogens (primary N) is 1. The van der Waals surface area contributed by atoms with E-state index in [-0.39, 0.29) is 5.91 Å². The zero-order valence-corrected chi connectivity index (χ0v) is 17.9. The molecule has 0 rings (SSSR count). The fourth-order valence-electron chi connectivity index (χ4n) is 3.36. The highest BCUT2D eigenvalue weighted by Crippen LogP contribution is 2.13. The van der Waals surface area contributed by atoms with Gasteiger partial charge in [0.05, 0.1) is 0 Å². The van der Waals surface area contributed by atoms with Crippen LogP contribution in [0.5, 0.6) is 0 Å². The van der Waals surface area contributed by atoms with Crippen LogP contribution in [0.1, 0.15) is 117 Å². The van der Waals surface area contributed by atoms with Gasteiger partial charge in [-0.3, -0.25) is 9.80 Å². The summed E-state index contributed by atoms with van der Waals surface area (Å²) < 4.78 is 0. The summed E-state index contributed by atoms with van der Waals surface area (Å²) in [7, 11) is 0. The molecule has 0 atom stereocenters. The maximum atomic E-state index is 12.0. The summed E-state index contributed by atoms with van der Waals surface area (Å²) in [6, 6.07) is 0. The van der Waals surface area contributed by atoms with Crippen molar-refractivity contribution < 1.29 is 4.79 Å². The van der Waals surface area contributed by atoms with Crippen molar-refractivity contribution in [1.82, 2.24) is 10.4 Å². The van der Waals surface area contributed by atoms with E-state index < -0.39 is 0 Å². The highest BCUT2D eigenvalue weighted by atomic mass is 16.2. The van der Waals surface area contributed by atoms with E-state index in [4.69, 9.17) is 5.73 Å². The number of carbonyl (C=O) groups excluding carboxylic acids is 1. The number of nitrogens with one attached hydrogen (secondary N) is 1. The number of nitrogens with zero attached hydrogens (tertiary/aromatic N) is 1. The molecule has 0 saturated heterocycles. The highest BCUT2D eigenvalue weighted by molar-refractivity contribution is 5.75. The van der Waals surface area contributed by atoms with Gasteiger partial charge in [0, 0.05) is 26.1 Å². The van der Waals surface area contributed by atoms with Crippen LogP contribution in [0.25, 0.3) is 0 Å². The van der Waals surface area contributed by atoms with E-state index in [1.54, 1.807) is 5.01 Å². The van der Waals surface area contributed by atoms with Crippen molar-refractivity contribution in [1.29, 1.82) is 0 Å². The minimum Gasteiger partial charge on any atom is -0.329 e. The standard InChI is InChI=1S/C22H47N3O/c1-3-5-6-7-8-9-10-11-12-13-14-15-16-17-18-19-22(26)25(4-2)24-21-20-23/h24H,3-21,23H2,1-2H3. The number of hydrogen-bond donors (Lipinski definition) is 2. The third kappa shape index (κ3) is 16.8. The summed E-state index contributed by atoms with van der Waals surface area (Å²) >= 11 is 0. The van der Waals surface area contributed by atoms with E-state index in [9.17, 15) is 4.79 Å². The van der Waals surface area contributed by atoms with Crippen LogP contribution in [-0.2, 0) is 4.79 Å². The molecule has 0 aromatic rings. The van der Waals surface area contributed by atoms with Crippen molar-refractivity contribution in [3.8, 4) is 0 Å². The van der Waals surface area contributed by atoms with Crippen molar-refractivity contribution in [2.24, 2.45) is 5.73 Å². The second-order valence-electron chi connectivity index (χ2n) is 7.53. The van der Waals surface area contributed by atoms with E-state index in [0.717, 1.165) is 6.42 Å². The Hall–Kier alpha value is -0.610. The molecule has 0 aromatic carbocycles. The molecular formula is C22H47N3O. The van der Waals surface area contributed by atoms with E-state index in [1.807, 2.05) is 6.92 Å². The number of carbonyl (C=O) groups is 1. The molecule has 0 aromatic heterocycles. The number of amides is 1. The van der Waals surface area contributed by atoms with Gasteiger partial charge in [0.25, 0.3) is 0 Å². The molecule has 0 bridgehead atoms. The molecule has 1 amide bonds. The summed E-state index contributed by atoms with van der Waals surface area (Å²) in [5.41, 5.74) is 8.55. The minimum absolute atomic E-state index is 0.204. The largest absolute Gasteiger partial charge is 0.329 e. The molecule has 26 heavy (non-hydrogen) atoms. The van der Waals surface area contributed by atoms with Gasteiger partial charge < -0.3 is 5.73 Å². The van der Waals surface area contributed by atoms with Crippen LogP contribution in [0, 0.1) is 0 Å². The van der Waals surface area contributed by atoms with E-state index in [0.29, 0.717) is 26.1 Å². The maximum absolute atomic E-state index is 12.0. The van der Waals surface area contributed by atoms with Gasteiger partial charge in [-0.25, -0.2) is 5.43 Å². The third-order valence-corrected chi connectivity index (χ3v) is 5.06. The monoisotopic (exact) mass is 369 g/mol. The number of hydrogen-bond acceptors (Lipinski definition) is 3. The second-order valence-corrected chi connectivity index (χ2v) is 7.53. The second kappa shape index (κ2) is 20.7. The van der Waals surface area contributed by atoms with Crippen LogP contribution in [0.3, 0.4) is 0 Å². The minimum atomic E-state index is 0.204. The molecule has 0 radical (unpaired) electrons. The third-order valence-electron chi connectivity index (χ3n) is 5.06. The molecular weight excluding hydrogens is 322 g/mol. The van der Waals surface area contributed by atoms with Crippen molar-refractivity contribution in [3.63, 3.8) is 0 Å². The topological polar surface area (TPSA) is 58.4 Å². The van der Waals surface area contributed by atoms with E-state index in [1.165, 1.54) is 89.9 Å². The molecule has 0 aliphatic heterocycles. The quantitative estimate of drug-likeness (QED) is 0.218. The van der Waals surface area contributed by atoms with Crippen LogP contribution in [0.4, 0.5) is 0 Å². The lowest BCUT2D eigenvalue weighted by Crippen LogP contribution is -2.44. The van der Waals surface area contributed by atoms with Crippen molar-refractivity contribution in [2.75, 3.05) is 19.6 Å². The molecule has 0 saturated carbocycles. The molecule has 3 N–H and O–H groups in total. The summed E-state index contributed by atoms with van der Waals surface area (Å²) in [5, 5.41) is 1.71. The first kappa shape index (κ1) is 25.4. The molecule has 0 fully saturated rings. The van der Waals surface area contributed by atoms with Gasteiger partial charge in [-0.15, -0.1) is 0 Å². The summed E-state index contributed by atoms with van der Waals surface area (Å²) in [5.74, 6) is 0.204. The van der Waals surface area contributed by atoms with E-state index in [2.05, 4.69) is 12.3 Å². The van der Waals surface area contributed by atoms with Gasteiger partial charge in [0.1, 0.15) is 0 Å². The first-order valence-electron chi connectivity index (χ1n) is 11.5. The fourth-order valence-corrected chi connectivity index (χ4v) is 3.36. The Labute approximate surface area is 163 Å². The average Bonchev–Trinajstić information content (AvgIpc) is 2.65. The van der Waals surface area contributed by atoms with Crippen LogP contribution < -0.4 is 11.2 Å². The SMILES string of the molecule is CCCCCCCCCCCCCCCCCC(=O)N(CC)NCCN. The molecule has 0 unspecified atom stereocenters. The van der Waals surface area contributed by atoms with Crippen molar-refractivity contribution in [2.45, 2.75) is 117 Å². The van der Waals surface area contributed by atoms with Gasteiger partial charge >= 0.3 is 0 Å². The molecule has 0 heterocycles. The van der Waals surface area contributed by atoms with Gasteiger partial charge in [-0.1, -0.05) is 96.8 Å². The van der Waals surface area contributed by atoms with Crippen molar-refractivity contribution >= 4 is 5.91 Å². The molecule has 4 nitrogen and oxygen atoms in total. The summed E-state index contributed by atoms with van der Waals surface area (Å²) in [6.45, 7) is 6.20. The van der Waals surface area contributed by atoms with Gasteiger partial charge in [0.15, 0.2) is 0 Å². The first-order valence-corrected chi connectivity index (χ1v) is 11.5. The molecule has 0 spiro atoms. The fraction of sp³-hybridized carbons (Fsp3) is 0.955. The Morgan fingerprint density at radius 2 is 1.15 bits per heavy atom. The lowest BCUT2D eigenvalue weighted by atomic mass is 10.0. The Balaban J connectivity index is 3.27. The van der Waals surface area contributed by atoms with Crippen LogP contribution >= 0.6 is 0 Å². The lowest BCUT2D eigenvalue weighted by Gasteiger charge is -2.21. The van der Waals surface area contributed by atoms with Gasteiger partial charge in [-0.05, 0) is 13.3 Å².